The summed E-state index contributed by atoms with van der Waals surface area (Å²) in [6.07, 6.45) is 3.31. The van der Waals surface area contributed by atoms with Gasteiger partial charge >= 0.3 is 5.97 Å². The molecule has 0 spiro atoms. The number of aliphatic imine (C=N–C) groups is 1. The minimum Gasteiger partial charge on any atom is -0.460 e. The van der Waals surface area contributed by atoms with E-state index in [1.54, 1.807) is 0 Å². The average Bonchev–Trinajstić information content (AvgIpc) is 3.20. The van der Waals surface area contributed by atoms with Crippen LogP contribution in [-0.4, -0.2) is 17.7 Å². The highest BCUT2D eigenvalue weighted by atomic mass is 16.5. The molecule has 3 heteroatoms. The van der Waals surface area contributed by atoms with E-state index in [4.69, 9.17) is 9.73 Å². The highest BCUT2D eigenvalue weighted by molar-refractivity contribution is 6.02. The molecule has 26 heavy (non-hydrogen) atoms. The summed E-state index contributed by atoms with van der Waals surface area (Å²) in [5, 5.41) is 0. The molecule has 3 rings (SSSR count). The Labute approximate surface area is 156 Å². The van der Waals surface area contributed by atoms with E-state index in [0.717, 1.165) is 42.5 Å². The normalized spacial score (nSPS) is 17.0. The van der Waals surface area contributed by atoms with Gasteiger partial charge in [0.2, 0.25) is 0 Å². The Morgan fingerprint density at radius 3 is 2.27 bits per heavy atom. The second-order valence-corrected chi connectivity index (χ2v) is 6.92. The SMILES string of the molecule is CCC(CC)(C(=O)OCc1ccccc1)[C@H]1CCC(c2ccccc2)=N1. The molecule has 1 aliphatic rings. The summed E-state index contributed by atoms with van der Waals surface area (Å²) in [4.78, 5) is 18.0. The Kier molecular flexibility index (Phi) is 5.87. The molecule has 1 aliphatic heterocycles. The van der Waals surface area contributed by atoms with Gasteiger partial charge in [0, 0.05) is 5.71 Å². The highest BCUT2D eigenvalue weighted by Crippen LogP contribution is 2.40. The van der Waals surface area contributed by atoms with Gasteiger partial charge in [0.15, 0.2) is 0 Å². The fourth-order valence-electron chi connectivity index (χ4n) is 3.85. The van der Waals surface area contributed by atoms with E-state index in [-0.39, 0.29) is 12.0 Å². The van der Waals surface area contributed by atoms with Gasteiger partial charge in [-0.2, -0.15) is 0 Å². The van der Waals surface area contributed by atoms with E-state index in [1.807, 2.05) is 48.5 Å². The Balaban J connectivity index is 1.77. The van der Waals surface area contributed by atoms with E-state index >= 15 is 0 Å². The largest absolute Gasteiger partial charge is 0.460 e. The summed E-state index contributed by atoms with van der Waals surface area (Å²) in [7, 11) is 0. The van der Waals surface area contributed by atoms with Crippen molar-refractivity contribution in [1.29, 1.82) is 0 Å². The Morgan fingerprint density at radius 1 is 1.04 bits per heavy atom. The first-order chi connectivity index (χ1) is 12.7. The Hall–Kier alpha value is -2.42. The van der Waals surface area contributed by atoms with Gasteiger partial charge in [-0.1, -0.05) is 74.5 Å². The van der Waals surface area contributed by atoms with Gasteiger partial charge in [-0.25, -0.2) is 0 Å². The first-order valence-electron chi connectivity index (χ1n) is 9.53. The molecule has 1 atom stereocenters. The van der Waals surface area contributed by atoms with Crippen molar-refractivity contribution in [2.45, 2.75) is 52.2 Å². The standard InChI is InChI=1S/C23H27NO2/c1-3-23(4-2,22(25)26-17-18-11-7-5-8-12-18)21-16-15-20(24-21)19-13-9-6-10-14-19/h5-14,21H,3-4,15-17H2,1-2H3/t21-/m1/s1. The van der Waals surface area contributed by atoms with Gasteiger partial charge in [-0.3, -0.25) is 9.79 Å². The fourth-order valence-corrected chi connectivity index (χ4v) is 3.85. The molecule has 0 amide bonds. The molecular formula is C23H27NO2. The van der Waals surface area contributed by atoms with Crippen LogP contribution in [0.3, 0.4) is 0 Å². The molecule has 3 nitrogen and oxygen atoms in total. The molecule has 136 valence electrons. The molecule has 0 saturated heterocycles. The third-order valence-electron chi connectivity index (χ3n) is 5.59. The van der Waals surface area contributed by atoms with Crippen molar-refractivity contribution in [3.63, 3.8) is 0 Å². The monoisotopic (exact) mass is 349 g/mol. The van der Waals surface area contributed by atoms with Gasteiger partial charge in [0.25, 0.3) is 0 Å². The number of carbonyl (C=O) groups is 1. The van der Waals surface area contributed by atoms with E-state index in [1.165, 1.54) is 0 Å². The number of carbonyl (C=O) groups excluding carboxylic acids is 1. The summed E-state index contributed by atoms with van der Waals surface area (Å²) in [6.45, 7) is 4.47. The van der Waals surface area contributed by atoms with E-state index < -0.39 is 5.41 Å². The maximum absolute atomic E-state index is 13.0. The van der Waals surface area contributed by atoms with Crippen molar-refractivity contribution in [2.24, 2.45) is 10.4 Å². The van der Waals surface area contributed by atoms with Crippen molar-refractivity contribution in [2.75, 3.05) is 0 Å². The smallest absolute Gasteiger partial charge is 0.314 e. The topological polar surface area (TPSA) is 38.7 Å². The maximum Gasteiger partial charge on any atom is 0.314 e. The zero-order chi connectivity index (χ0) is 18.4. The second-order valence-electron chi connectivity index (χ2n) is 6.92. The third kappa shape index (κ3) is 3.72. The van der Waals surface area contributed by atoms with Crippen LogP contribution in [-0.2, 0) is 16.1 Å². The molecule has 0 bridgehead atoms. The molecule has 2 aromatic rings. The lowest BCUT2D eigenvalue weighted by Gasteiger charge is -2.33. The van der Waals surface area contributed by atoms with E-state index in [2.05, 4.69) is 26.0 Å². The summed E-state index contributed by atoms with van der Waals surface area (Å²) >= 11 is 0. The predicted molar refractivity (Wildman–Crippen MR) is 105 cm³/mol. The minimum atomic E-state index is -0.536. The van der Waals surface area contributed by atoms with Crippen LogP contribution >= 0.6 is 0 Å². The van der Waals surface area contributed by atoms with Gasteiger partial charge in [-0.05, 0) is 36.8 Å². The lowest BCUT2D eigenvalue weighted by molar-refractivity contribution is -0.159. The first-order valence-corrected chi connectivity index (χ1v) is 9.53. The molecule has 0 aliphatic carbocycles. The van der Waals surface area contributed by atoms with Crippen molar-refractivity contribution in [3.8, 4) is 0 Å². The number of esters is 1. The summed E-state index contributed by atoms with van der Waals surface area (Å²) < 4.78 is 5.72. The van der Waals surface area contributed by atoms with Crippen LogP contribution in [0.2, 0.25) is 0 Å². The second kappa shape index (κ2) is 8.31. The van der Waals surface area contributed by atoms with Crippen LogP contribution < -0.4 is 0 Å². The van der Waals surface area contributed by atoms with Gasteiger partial charge in [-0.15, -0.1) is 0 Å². The molecular weight excluding hydrogens is 322 g/mol. The minimum absolute atomic E-state index is 0.00372. The zero-order valence-electron chi connectivity index (χ0n) is 15.7. The lowest BCUT2D eigenvalue weighted by Crippen LogP contribution is -2.41. The first kappa shape index (κ1) is 18.4. The Morgan fingerprint density at radius 2 is 1.65 bits per heavy atom. The fraction of sp³-hybridized carbons (Fsp3) is 0.391. The molecule has 0 aromatic heterocycles. The maximum atomic E-state index is 13.0. The molecule has 1 heterocycles. The molecule has 0 fully saturated rings. The van der Waals surface area contributed by atoms with Crippen LogP contribution in [0.15, 0.2) is 65.7 Å². The zero-order valence-corrected chi connectivity index (χ0v) is 15.7. The number of nitrogens with zero attached hydrogens (tertiary/aromatic N) is 1. The van der Waals surface area contributed by atoms with E-state index in [9.17, 15) is 4.79 Å². The molecule has 0 N–H and O–H groups in total. The van der Waals surface area contributed by atoms with Crippen LogP contribution in [0.5, 0.6) is 0 Å². The summed E-state index contributed by atoms with van der Waals surface area (Å²) in [5.41, 5.74) is 2.75. The van der Waals surface area contributed by atoms with Gasteiger partial charge in [0.05, 0.1) is 11.5 Å². The molecule has 0 radical (unpaired) electrons. The van der Waals surface area contributed by atoms with Crippen LogP contribution in [0, 0.1) is 5.41 Å². The number of ether oxygens (including phenoxy) is 1. The average molecular weight is 349 g/mol. The number of rotatable bonds is 7. The number of benzene rings is 2. The van der Waals surface area contributed by atoms with Crippen molar-refractivity contribution in [3.05, 3.63) is 71.8 Å². The van der Waals surface area contributed by atoms with Crippen molar-refractivity contribution >= 4 is 11.7 Å². The molecule has 0 saturated carbocycles. The van der Waals surface area contributed by atoms with Crippen LogP contribution in [0.25, 0.3) is 0 Å². The van der Waals surface area contributed by atoms with Gasteiger partial charge < -0.3 is 4.74 Å². The Bertz CT molecular complexity index is 748. The van der Waals surface area contributed by atoms with Crippen molar-refractivity contribution < 1.29 is 9.53 Å². The molecule has 2 aromatic carbocycles. The molecule has 0 unspecified atom stereocenters. The summed E-state index contributed by atoms with van der Waals surface area (Å²) in [5.74, 6) is -0.116. The predicted octanol–water partition coefficient (Wildman–Crippen LogP) is 5.19. The highest BCUT2D eigenvalue weighted by Gasteiger charge is 2.45. The number of hydrogen-bond acceptors (Lipinski definition) is 3. The van der Waals surface area contributed by atoms with Crippen LogP contribution in [0.1, 0.15) is 50.7 Å². The summed E-state index contributed by atoms with van der Waals surface area (Å²) in [6, 6.07) is 20.1. The quantitative estimate of drug-likeness (QED) is 0.645. The van der Waals surface area contributed by atoms with Crippen molar-refractivity contribution in [1.82, 2.24) is 0 Å². The van der Waals surface area contributed by atoms with Gasteiger partial charge in [0.1, 0.15) is 6.61 Å². The third-order valence-corrected chi connectivity index (χ3v) is 5.59. The van der Waals surface area contributed by atoms with Crippen LogP contribution in [0.4, 0.5) is 0 Å². The number of hydrogen-bond donors (Lipinski definition) is 0. The van der Waals surface area contributed by atoms with E-state index in [0.29, 0.717) is 6.61 Å². The lowest BCUT2D eigenvalue weighted by atomic mass is 9.74.